The zero-order chi connectivity index (χ0) is 19.8. The second kappa shape index (κ2) is 10.4. The van der Waals surface area contributed by atoms with Crippen LogP contribution in [-0.2, 0) is 20.9 Å². The fraction of sp³-hybridized carbons (Fsp3) is 0.632. The van der Waals surface area contributed by atoms with Gasteiger partial charge in [0.2, 0.25) is 5.91 Å². The molecule has 3 heterocycles. The van der Waals surface area contributed by atoms with E-state index in [4.69, 9.17) is 19.8 Å². The van der Waals surface area contributed by atoms with E-state index in [1.165, 1.54) is 29.7 Å². The van der Waals surface area contributed by atoms with E-state index in [9.17, 15) is 4.79 Å². The third kappa shape index (κ3) is 6.62. The highest BCUT2D eigenvalue weighted by Crippen LogP contribution is 2.25. The van der Waals surface area contributed by atoms with Gasteiger partial charge in [-0.25, -0.2) is 9.59 Å². The number of aryl methyl sites for hydroxylation is 1. The topological polar surface area (TPSA) is 98.2 Å². The minimum absolute atomic E-state index is 0.281. The Morgan fingerprint density at radius 3 is 2.11 bits per heavy atom. The normalized spacial score (nSPS) is 18.5. The first kappa shape index (κ1) is 21.4. The third-order valence-corrected chi connectivity index (χ3v) is 6.13. The van der Waals surface area contributed by atoms with Crippen molar-refractivity contribution in [3.8, 4) is 0 Å². The SMILES string of the molecule is Cc1ccsc1CN1CCC(C(=O)N2CCCCC2)CC1.O=C(O)C(=O)O. The molecule has 150 valence electrons. The van der Waals surface area contributed by atoms with E-state index >= 15 is 0 Å². The van der Waals surface area contributed by atoms with Crippen molar-refractivity contribution in [3.63, 3.8) is 0 Å². The molecule has 0 aromatic carbocycles. The summed E-state index contributed by atoms with van der Waals surface area (Å²) in [7, 11) is 0. The highest BCUT2D eigenvalue weighted by molar-refractivity contribution is 7.10. The average Bonchev–Trinajstić information content (AvgIpc) is 3.07. The van der Waals surface area contributed by atoms with Crippen molar-refractivity contribution in [1.82, 2.24) is 9.80 Å². The summed E-state index contributed by atoms with van der Waals surface area (Å²) in [6.07, 6.45) is 5.77. The van der Waals surface area contributed by atoms with E-state index in [2.05, 4.69) is 28.2 Å². The van der Waals surface area contributed by atoms with Gasteiger partial charge in [0, 0.05) is 30.4 Å². The molecule has 2 fully saturated rings. The van der Waals surface area contributed by atoms with Crippen LogP contribution in [0.25, 0.3) is 0 Å². The highest BCUT2D eigenvalue weighted by atomic mass is 32.1. The van der Waals surface area contributed by atoms with Gasteiger partial charge in [0.05, 0.1) is 0 Å². The number of carbonyl (C=O) groups is 3. The molecule has 0 spiro atoms. The van der Waals surface area contributed by atoms with Gasteiger partial charge in [-0.2, -0.15) is 0 Å². The van der Waals surface area contributed by atoms with Crippen molar-refractivity contribution in [2.45, 2.75) is 45.6 Å². The van der Waals surface area contributed by atoms with Gasteiger partial charge >= 0.3 is 11.9 Å². The van der Waals surface area contributed by atoms with Crippen LogP contribution < -0.4 is 0 Å². The first-order valence-corrected chi connectivity index (χ1v) is 10.3. The van der Waals surface area contributed by atoms with Gasteiger partial charge in [0.25, 0.3) is 0 Å². The molecule has 0 saturated carbocycles. The Bertz CT molecular complexity index is 634. The maximum Gasteiger partial charge on any atom is 0.414 e. The van der Waals surface area contributed by atoms with Crippen molar-refractivity contribution < 1.29 is 24.6 Å². The average molecular weight is 397 g/mol. The van der Waals surface area contributed by atoms with Crippen LogP contribution in [0, 0.1) is 12.8 Å². The van der Waals surface area contributed by atoms with Gasteiger partial charge in [0.1, 0.15) is 0 Å². The number of carbonyl (C=O) groups excluding carboxylic acids is 1. The zero-order valence-electron chi connectivity index (χ0n) is 15.7. The van der Waals surface area contributed by atoms with Gasteiger partial charge in [-0.3, -0.25) is 9.69 Å². The van der Waals surface area contributed by atoms with Crippen LogP contribution in [-0.4, -0.2) is 64.0 Å². The van der Waals surface area contributed by atoms with Gasteiger partial charge in [-0.15, -0.1) is 11.3 Å². The van der Waals surface area contributed by atoms with E-state index in [1.54, 1.807) is 0 Å². The molecule has 2 aliphatic heterocycles. The second-order valence-electron chi connectivity index (χ2n) is 7.07. The first-order chi connectivity index (χ1) is 12.9. The zero-order valence-corrected chi connectivity index (χ0v) is 16.5. The van der Waals surface area contributed by atoms with Crippen LogP contribution in [0.5, 0.6) is 0 Å². The summed E-state index contributed by atoms with van der Waals surface area (Å²) in [5, 5.41) is 17.0. The Morgan fingerprint density at radius 2 is 1.63 bits per heavy atom. The van der Waals surface area contributed by atoms with Gasteiger partial charge < -0.3 is 15.1 Å². The number of piperidine rings is 2. The molecule has 2 aliphatic rings. The predicted octanol–water partition coefficient (Wildman–Crippen LogP) is 2.44. The molecule has 1 aromatic heterocycles. The summed E-state index contributed by atoms with van der Waals surface area (Å²) in [6, 6.07) is 2.20. The molecule has 0 aliphatic carbocycles. The standard InChI is InChI=1S/C17H26N2OS.C2H2O4/c1-14-7-12-21-16(14)13-18-10-5-15(6-11-18)17(20)19-8-3-2-4-9-19;3-1(4)2(5)6/h7,12,15H,2-6,8-11,13H2,1H3;(H,3,4)(H,5,6). The molecule has 2 saturated heterocycles. The monoisotopic (exact) mass is 396 g/mol. The minimum atomic E-state index is -1.82. The molecule has 27 heavy (non-hydrogen) atoms. The molecular formula is C19H28N2O5S. The van der Waals surface area contributed by atoms with E-state index < -0.39 is 11.9 Å². The Hall–Kier alpha value is -1.93. The number of carboxylic acids is 2. The summed E-state index contributed by atoms with van der Waals surface area (Å²) in [4.78, 5) is 36.9. The predicted molar refractivity (Wildman–Crippen MR) is 103 cm³/mol. The summed E-state index contributed by atoms with van der Waals surface area (Å²) in [6.45, 7) is 7.39. The number of thiophene rings is 1. The number of rotatable bonds is 3. The van der Waals surface area contributed by atoms with Gasteiger partial charge in [-0.1, -0.05) is 0 Å². The van der Waals surface area contributed by atoms with Crippen molar-refractivity contribution in [2.24, 2.45) is 5.92 Å². The van der Waals surface area contributed by atoms with E-state index in [-0.39, 0.29) is 5.92 Å². The lowest BCUT2D eigenvalue weighted by Crippen LogP contribution is -2.44. The quantitative estimate of drug-likeness (QED) is 0.762. The fourth-order valence-corrected chi connectivity index (χ4v) is 4.43. The number of aliphatic carboxylic acids is 2. The molecule has 1 aromatic rings. The summed E-state index contributed by atoms with van der Waals surface area (Å²) >= 11 is 1.86. The second-order valence-corrected chi connectivity index (χ2v) is 8.07. The van der Waals surface area contributed by atoms with E-state index in [0.717, 1.165) is 45.6 Å². The molecular weight excluding hydrogens is 368 g/mol. The van der Waals surface area contributed by atoms with E-state index in [0.29, 0.717) is 5.91 Å². The fourth-order valence-electron chi connectivity index (χ4n) is 3.48. The van der Waals surface area contributed by atoms with Gasteiger partial charge in [0.15, 0.2) is 0 Å². The molecule has 0 unspecified atom stereocenters. The van der Waals surface area contributed by atoms with E-state index in [1.807, 2.05) is 11.3 Å². The highest BCUT2D eigenvalue weighted by Gasteiger charge is 2.29. The maximum absolute atomic E-state index is 12.5. The van der Waals surface area contributed by atoms with Crippen LogP contribution in [0.2, 0.25) is 0 Å². The van der Waals surface area contributed by atoms with Gasteiger partial charge in [-0.05, 0) is 69.1 Å². The number of amides is 1. The van der Waals surface area contributed by atoms with Crippen molar-refractivity contribution in [2.75, 3.05) is 26.2 Å². The van der Waals surface area contributed by atoms with Crippen molar-refractivity contribution in [1.29, 1.82) is 0 Å². The smallest absolute Gasteiger partial charge is 0.414 e. The largest absolute Gasteiger partial charge is 0.473 e. The Balaban J connectivity index is 0.000000380. The van der Waals surface area contributed by atoms with Crippen LogP contribution in [0.15, 0.2) is 11.4 Å². The van der Waals surface area contributed by atoms with Crippen LogP contribution in [0.3, 0.4) is 0 Å². The lowest BCUT2D eigenvalue weighted by Gasteiger charge is -2.35. The number of carboxylic acid groups (broad SMARTS) is 2. The first-order valence-electron chi connectivity index (χ1n) is 9.38. The maximum atomic E-state index is 12.5. The molecule has 1 amide bonds. The molecule has 0 radical (unpaired) electrons. The van der Waals surface area contributed by atoms with Crippen LogP contribution >= 0.6 is 11.3 Å². The van der Waals surface area contributed by atoms with Crippen molar-refractivity contribution in [3.05, 3.63) is 21.9 Å². The third-order valence-electron chi connectivity index (χ3n) is 5.12. The number of hydrogen-bond donors (Lipinski definition) is 2. The summed E-state index contributed by atoms with van der Waals surface area (Å²) < 4.78 is 0. The minimum Gasteiger partial charge on any atom is -0.473 e. The summed E-state index contributed by atoms with van der Waals surface area (Å²) in [5.74, 6) is -2.93. The van der Waals surface area contributed by atoms with Crippen LogP contribution in [0.1, 0.15) is 42.5 Å². The molecule has 7 nitrogen and oxygen atoms in total. The van der Waals surface area contributed by atoms with Crippen molar-refractivity contribution >= 4 is 29.2 Å². The number of nitrogens with zero attached hydrogens (tertiary/aromatic N) is 2. The molecule has 8 heteroatoms. The lowest BCUT2D eigenvalue weighted by molar-refractivity contribution is -0.159. The number of hydrogen-bond acceptors (Lipinski definition) is 5. The molecule has 0 atom stereocenters. The Labute approximate surface area is 163 Å². The Kier molecular flexibility index (Phi) is 8.24. The molecule has 2 N–H and O–H groups in total. The Morgan fingerprint density at radius 1 is 1.04 bits per heavy atom. The molecule has 0 bridgehead atoms. The molecule has 3 rings (SSSR count). The summed E-state index contributed by atoms with van der Waals surface area (Å²) in [5.41, 5.74) is 1.41. The number of likely N-dealkylation sites (tertiary alicyclic amines) is 2. The van der Waals surface area contributed by atoms with Crippen LogP contribution in [0.4, 0.5) is 0 Å². The lowest BCUT2D eigenvalue weighted by atomic mass is 9.94.